The van der Waals surface area contributed by atoms with Gasteiger partial charge in [-0.05, 0) is 31.7 Å². The van der Waals surface area contributed by atoms with Crippen molar-refractivity contribution in [3.05, 3.63) is 56.1 Å². The lowest BCUT2D eigenvalue weighted by Crippen LogP contribution is -2.25. The molecule has 8 nitrogen and oxygen atoms in total. The molecule has 0 spiro atoms. The van der Waals surface area contributed by atoms with Crippen LogP contribution in [0.25, 0.3) is 5.65 Å². The van der Waals surface area contributed by atoms with Gasteiger partial charge in [-0.2, -0.15) is 4.52 Å². The summed E-state index contributed by atoms with van der Waals surface area (Å²) in [5, 5.41) is 5.01. The van der Waals surface area contributed by atoms with E-state index in [4.69, 9.17) is 4.42 Å². The molecular formula is C15H14N4O4. The van der Waals surface area contributed by atoms with E-state index in [2.05, 4.69) is 15.4 Å². The first kappa shape index (κ1) is 13.6. The largest absolute Gasteiger partial charge is 0.470 e. The van der Waals surface area contributed by atoms with Gasteiger partial charge in [-0.25, -0.2) is 0 Å². The SMILES string of the molecule is O=C(Nc1ccoc1)c1c(=O)[nH]n2c(=O)c3c([nH]c12)CCCC3. The van der Waals surface area contributed by atoms with E-state index in [9.17, 15) is 14.4 Å². The molecule has 0 radical (unpaired) electrons. The number of aryl methyl sites for hydroxylation is 1. The highest BCUT2D eigenvalue weighted by molar-refractivity contribution is 6.07. The van der Waals surface area contributed by atoms with Gasteiger partial charge in [0.15, 0.2) is 5.65 Å². The molecule has 118 valence electrons. The first-order chi connectivity index (χ1) is 11.1. The zero-order valence-corrected chi connectivity index (χ0v) is 12.1. The fraction of sp³-hybridized carbons (Fsp3) is 0.267. The van der Waals surface area contributed by atoms with Gasteiger partial charge in [-0.1, -0.05) is 0 Å². The Kier molecular flexibility index (Phi) is 2.97. The normalized spacial score (nSPS) is 13.9. The molecular weight excluding hydrogens is 300 g/mol. The fourth-order valence-electron chi connectivity index (χ4n) is 3.00. The summed E-state index contributed by atoms with van der Waals surface area (Å²) in [5.74, 6) is -0.596. The van der Waals surface area contributed by atoms with E-state index in [1.54, 1.807) is 6.07 Å². The van der Waals surface area contributed by atoms with E-state index in [0.29, 0.717) is 17.7 Å². The summed E-state index contributed by atoms with van der Waals surface area (Å²) in [5.41, 5.74) is 1.12. The highest BCUT2D eigenvalue weighted by atomic mass is 16.3. The third-order valence-electron chi connectivity index (χ3n) is 4.11. The molecule has 0 aliphatic heterocycles. The standard InChI is InChI=1S/C15H14N4O4/c20-13(16-8-5-6-23-7-8)11-12-17-10-4-2-1-3-9(10)15(22)19(12)18-14(11)21/h5-7,17H,1-4H2,(H,16,20)(H,18,21). The van der Waals surface area contributed by atoms with Crippen LogP contribution in [0.1, 0.15) is 34.5 Å². The van der Waals surface area contributed by atoms with Crippen LogP contribution in [0.2, 0.25) is 0 Å². The maximum atomic E-state index is 12.5. The fourth-order valence-corrected chi connectivity index (χ4v) is 3.00. The molecule has 3 heterocycles. The number of fused-ring (bicyclic) bond motifs is 2. The van der Waals surface area contributed by atoms with Crippen molar-refractivity contribution in [1.82, 2.24) is 14.6 Å². The number of hydrogen-bond donors (Lipinski definition) is 3. The molecule has 0 saturated carbocycles. The Hall–Kier alpha value is -3.03. The molecule has 4 rings (SSSR count). The Balaban J connectivity index is 1.88. The van der Waals surface area contributed by atoms with E-state index in [1.165, 1.54) is 12.5 Å². The predicted octanol–water partition coefficient (Wildman–Crippen LogP) is 1.04. The lowest BCUT2D eigenvalue weighted by Gasteiger charge is -2.15. The number of nitrogens with zero attached hydrogens (tertiary/aromatic N) is 1. The Labute approximate surface area is 129 Å². The minimum absolute atomic E-state index is 0.114. The van der Waals surface area contributed by atoms with Crippen LogP contribution in [0.4, 0.5) is 5.69 Å². The number of carbonyl (C=O) groups excluding carboxylic acids is 1. The van der Waals surface area contributed by atoms with Crippen LogP contribution in [0.3, 0.4) is 0 Å². The quantitative estimate of drug-likeness (QED) is 0.656. The van der Waals surface area contributed by atoms with Crippen molar-refractivity contribution in [2.24, 2.45) is 0 Å². The maximum Gasteiger partial charge on any atom is 0.279 e. The van der Waals surface area contributed by atoms with Crippen LogP contribution >= 0.6 is 0 Å². The van der Waals surface area contributed by atoms with Gasteiger partial charge in [0.2, 0.25) is 0 Å². The Morgan fingerprint density at radius 3 is 2.87 bits per heavy atom. The summed E-state index contributed by atoms with van der Waals surface area (Å²) in [4.78, 5) is 40.1. The van der Waals surface area contributed by atoms with Gasteiger partial charge in [-0.15, -0.1) is 0 Å². The van der Waals surface area contributed by atoms with E-state index in [-0.39, 0.29) is 16.8 Å². The van der Waals surface area contributed by atoms with E-state index >= 15 is 0 Å². The first-order valence-corrected chi connectivity index (χ1v) is 7.37. The number of nitrogens with one attached hydrogen (secondary N) is 3. The van der Waals surface area contributed by atoms with Crippen molar-refractivity contribution < 1.29 is 9.21 Å². The lowest BCUT2D eigenvalue weighted by atomic mass is 9.97. The molecule has 0 atom stereocenters. The van der Waals surface area contributed by atoms with Crippen LogP contribution < -0.4 is 16.4 Å². The monoisotopic (exact) mass is 314 g/mol. The van der Waals surface area contributed by atoms with Gasteiger partial charge in [0.05, 0.1) is 12.0 Å². The lowest BCUT2D eigenvalue weighted by molar-refractivity contribution is 0.102. The van der Waals surface area contributed by atoms with E-state index in [1.807, 2.05) is 0 Å². The number of hydrogen-bond acceptors (Lipinski definition) is 4. The van der Waals surface area contributed by atoms with Crippen molar-refractivity contribution in [2.75, 3.05) is 5.32 Å². The number of rotatable bonds is 2. The number of H-pyrrole nitrogens is 2. The van der Waals surface area contributed by atoms with Gasteiger partial charge in [-0.3, -0.25) is 19.5 Å². The minimum atomic E-state index is -0.610. The highest BCUT2D eigenvalue weighted by Crippen LogP contribution is 2.18. The maximum absolute atomic E-state index is 12.5. The summed E-state index contributed by atoms with van der Waals surface area (Å²) in [6.45, 7) is 0. The Morgan fingerprint density at radius 1 is 1.26 bits per heavy atom. The molecule has 1 aliphatic rings. The molecule has 3 aromatic heterocycles. The van der Waals surface area contributed by atoms with Crippen LogP contribution in [0.15, 0.2) is 32.6 Å². The van der Waals surface area contributed by atoms with Crippen LogP contribution in [-0.4, -0.2) is 20.5 Å². The molecule has 3 aromatic rings. The highest BCUT2D eigenvalue weighted by Gasteiger charge is 2.23. The Morgan fingerprint density at radius 2 is 2.09 bits per heavy atom. The molecule has 3 N–H and O–H groups in total. The van der Waals surface area contributed by atoms with Gasteiger partial charge in [0.25, 0.3) is 17.0 Å². The Bertz CT molecular complexity index is 1010. The van der Waals surface area contributed by atoms with Crippen molar-refractivity contribution in [3.63, 3.8) is 0 Å². The molecule has 0 bridgehead atoms. The summed E-state index contributed by atoms with van der Waals surface area (Å²) >= 11 is 0. The zero-order valence-electron chi connectivity index (χ0n) is 12.1. The summed E-state index contributed by atoms with van der Waals surface area (Å²) < 4.78 is 6.00. The van der Waals surface area contributed by atoms with E-state index < -0.39 is 11.5 Å². The summed E-state index contributed by atoms with van der Waals surface area (Å²) in [6.07, 6.45) is 6.11. The van der Waals surface area contributed by atoms with Crippen LogP contribution in [-0.2, 0) is 12.8 Å². The molecule has 0 fully saturated rings. The molecule has 0 unspecified atom stereocenters. The van der Waals surface area contributed by atoms with Gasteiger partial charge in [0, 0.05) is 11.3 Å². The van der Waals surface area contributed by atoms with Gasteiger partial charge in [0.1, 0.15) is 11.8 Å². The zero-order chi connectivity index (χ0) is 16.0. The molecule has 1 aliphatic carbocycles. The first-order valence-electron chi connectivity index (χ1n) is 7.37. The second-order valence-electron chi connectivity index (χ2n) is 5.56. The molecule has 0 aromatic carbocycles. The second kappa shape index (κ2) is 5.01. The third-order valence-corrected chi connectivity index (χ3v) is 4.11. The number of anilines is 1. The summed E-state index contributed by atoms with van der Waals surface area (Å²) in [6, 6.07) is 1.56. The van der Waals surface area contributed by atoms with E-state index in [0.717, 1.165) is 29.5 Å². The molecule has 0 saturated heterocycles. The van der Waals surface area contributed by atoms with Crippen molar-refractivity contribution in [1.29, 1.82) is 0 Å². The van der Waals surface area contributed by atoms with Gasteiger partial charge >= 0.3 is 0 Å². The topological polar surface area (TPSA) is 112 Å². The van der Waals surface area contributed by atoms with Crippen molar-refractivity contribution >= 4 is 17.2 Å². The number of amides is 1. The van der Waals surface area contributed by atoms with Crippen molar-refractivity contribution in [2.45, 2.75) is 25.7 Å². The number of aromatic nitrogens is 3. The number of furan rings is 1. The average molecular weight is 314 g/mol. The molecule has 8 heteroatoms. The average Bonchev–Trinajstić information content (AvgIpc) is 3.15. The predicted molar refractivity (Wildman–Crippen MR) is 81.9 cm³/mol. The molecule has 1 amide bonds. The second-order valence-corrected chi connectivity index (χ2v) is 5.56. The summed E-state index contributed by atoms with van der Waals surface area (Å²) in [7, 11) is 0. The van der Waals surface area contributed by atoms with Crippen LogP contribution in [0.5, 0.6) is 0 Å². The number of aromatic amines is 2. The van der Waals surface area contributed by atoms with Crippen LogP contribution in [0, 0.1) is 0 Å². The minimum Gasteiger partial charge on any atom is -0.470 e. The van der Waals surface area contributed by atoms with Gasteiger partial charge < -0.3 is 14.7 Å². The van der Waals surface area contributed by atoms with Crippen molar-refractivity contribution in [3.8, 4) is 0 Å². The molecule has 23 heavy (non-hydrogen) atoms. The number of carbonyl (C=O) groups is 1. The smallest absolute Gasteiger partial charge is 0.279 e. The third kappa shape index (κ3) is 2.10.